The number of hydrogen-bond acceptors (Lipinski definition) is 6. The third-order valence-corrected chi connectivity index (χ3v) is 5.48. The first kappa shape index (κ1) is 23.8. The van der Waals surface area contributed by atoms with E-state index in [1.807, 2.05) is 61.5 Å². The van der Waals surface area contributed by atoms with Gasteiger partial charge in [0.25, 0.3) is 0 Å². The molecule has 2 aromatic carbocycles. The number of nitrogens with zero attached hydrogens (tertiary/aromatic N) is 1. The number of aromatic nitrogens is 1. The summed E-state index contributed by atoms with van der Waals surface area (Å²) >= 11 is 0. The highest BCUT2D eigenvalue weighted by atomic mass is 16.7. The van der Waals surface area contributed by atoms with Crippen LogP contribution in [0, 0.1) is 0 Å². The molecule has 2 heterocycles. The second kappa shape index (κ2) is 9.89. The number of fused-ring (bicyclic) bond motifs is 3. The molecular weight excluding hydrogens is 434 g/mol. The first-order chi connectivity index (χ1) is 16.3. The molecule has 180 valence electrons. The number of ether oxygens (including phenoxy) is 4. The summed E-state index contributed by atoms with van der Waals surface area (Å²) in [7, 11) is 0. The molecule has 7 nitrogen and oxygen atoms in total. The first-order valence-electron chi connectivity index (χ1n) is 11.6. The van der Waals surface area contributed by atoms with Crippen molar-refractivity contribution in [2.45, 2.75) is 65.0 Å². The van der Waals surface area contributed by atoms with Crippen molar-refractivity contribution in [3.8, 4) is 5.88 Å². The van der Waals surface area contributed by atoms with Crippen LogP contribution in [0.15, 0.2) is 54.6 Å². The average Bonchev–Trinajstić information content (AvgIpc) is 3.14. The molecular formula is C27H31NO6. The van der Waals surface area contributed by atoms with E-state index in [0.717, 1.165) is 17.4 Å². The van der Waals surface area contributed by atoms with Gasteiger partial charge < -0.3 is 18.9 Å². The molecule has 0 fully saturated rings. The van der Waals surface area contributed by atoms with Gasteiger partial charge in [-0.3, -0.25) is 4.79 Å². The van der Waals surface area contributed by atoms with Crippen molar-refractivity contribution in [1.29, 1.82) is 0 Å². The number of carbonyl (C=O) groups is 2. The van der Waals surface area contributed by atoms with E-state index in [2.05, 4.69) is 0 Å². The van der Waals surface area contributed by atoms with Gasteiger partial charge in [0.2, 0.25) is 12.2 Å². The van der Waals surface area contributed by atoms with Crippen LogP contribution in [-0.4, -0.2) is 35.1 Å². The molecule has 0 N–H and O–H groups in total. The zero-order valence-electron chi connectivity index (χ0n) is 20.1. The molecule has 0 saturated carbocycles. The number of para-hydroxylation sites is 1. The summed E-state index contributed by atoms with van der Waals surface area (Å²) in [6.07, 6.45) is -0.168. The maximum absolute atomic E-state index is 13.3. The highest BCUT2D eigenvalue weighted by molar-refractivity contribution is 5.98. The van der Waals surface area contributed by atoms with Crippen molar-refractivity contribution in [2.24, 2.45) is 0 Å². The molecule has 7 heteroatoms. The van der Waals surface area contributed by atoms with Crippen LogP contribution in [0.1, 0.15) is 57.6 Å². The van der Waals surface area contributed by atoms with Crippen LogP contribution in [0.4, 0.5) is 4.79 Å². The first-order valence-corrected chi connectivity index (χ1v) is 11.6. The van der Waals surface area contributed by atoms with Crippen molar-refractivity contribution in [1.82, 2.24) is 4.57 Å². The molecule has 0 aliphatic carbocycles. The summed E-state index contributed by atoms with van der Waals surface area (Å²) in [5, 5.41) is 0.749. The maximum Gasteiger partial charge on any atom is 0.421 e. The molecule has 2 atom stereocenters. The van der Waals surface area contributed by atoms with E-state index in [4.69, 9.17) is 18.9 Å². The fraction of sp³-hybridized carbons (Fsp3) is 0.407. The zero-order valence-corrected chi connectivity index (χ0v) is 20.1. The van der Waals surface area contributed by atoms with Crippen LogP contribution in [0.2, 0.25) is 0 Å². The van der Waals surface area contributed by atoms with E-state index in [1.165, 1.54) is 4.57 Å². The molecule has 4 rings (SSSR count). The summed E-state index contributed by atoms with van der Waals surface area (Å²) in [6.45, 7) is 8.05. The minimum atomic E-state index is -0.698. The Hall–Kier alpha value is -3.32. The molecule has 0 spiro atoms. The summed E-state index contributed by atoms with van der Waals surface area (Å²) in [5.41, 5.74) is 1.43. The Morgan fingerprint density at radius 3 is 2.47 bits per heavy atom. The minimum absolute atomic E-state index is 0.164. The van der Waals surface area contributed by atoms with Gasteiger partial charge in [0, 0.05) is 17.4 Å². The Kier molecular flexibility index (Phi) is 6.93. The largest absolute Gasteiger partial charge is 0.460 e. The summed E-state index contributed by atoms with van der Waals surface area (Å²) in [6, 6.07) is 16.9. The van der Waals surface area contributed by atoms with E-state index >= 15 is 0 Å². The Labute approximate surface area is 199 Å². The molecule has 1 aliphatic rings. The predicted molar refractivity (Wildman–Crippen MR) is 128 cm³/mol. The molecule has 0 bridgehead atoms. The molecule has 0 saturated heterocycles. The second-order valence-electron chi connectivity index (χ2n) is 9.35. The van der Waals surface area contributed by atoms with Crippen LogP contribution >= 0.6 is 0 Å². The smallest absolute Gasteiger partial charge is 0.421 e. The van der Waals surface area contributed by atoms with Crippen LogP contribution < -0.4 is 4.74 Å². The van der Waals surface area contributed by atoms with Gasteiger partial charge in [-0.15, -0.1) is 0 Å². The third kappa shape index (κ3) is 5.09. The lowest BCUT2D eigenvalue weighted by atomic mass is 9.92. The highest BCUT2D eigenvalue weighted by Gasteiger charge is 2.41. The van der Waals surface area contributed by atoms with E-state index in [-0.39, 0.29) is 18.5 Å². The molecule has 0 radical (unpaired) electrons. The molecule has 0 unspecified atom stereocenters. The van der Waals surface area contributed by atoms with Gasteiger partial charge in [0.1, 0.15) is 12.2 Å². The van der Waals surface area contributed by atoms with Crippen LogP contribution in [-0.2, 0) is 25.6 Å². The number of carbonyl (C=O) groups excluding carboxylic acids is 2. The average molecular weight is 466 g/mol. The molecule has 1 aliphatic heterocycles. The topological polar surface area (TPSA) is 76.0 Å². The van der Waals surface area contributed by atoms with Crippen LogP contribution in [0.5, 0.6) is 5.88 Å². The summed E-state index contributed by atoms with van der Waals surface area (Å²) in [5.74, 6) is -0.766. The Bertz CT molecular complexity index is 1160. The lowest BCUT2D eigenvalue weighted by molar-refractivity contribution is -0.153. The summed E-state index contributed by atoms with van der Waals surface area (Å²) < 4.78 is 24.8. The van der Waals surface area contributed by atoms with Crippen molar-refractivity contribution in [2.75, 3.05) is 6.61 Å². The van der Waals surface area contributed by atoms with E-state index in [0.29, 0.717) is 24.1 Å². The third-order valence-electron chi connectivity index (χ3n) is 5.48. The number of rotatable bonds is 6. The van der Waals surface area contributed by atoms with Gasteiger partial charge >= 0.3 is 12.1 Å². The number of esters is 1. The fourth-order valence-corrected chi connectivity index (χ4v) is 4.06. The van der Waals surface area contributed by atoms with Gasteiger partial charge in [0.05, 0.1) is 18.0 Å². The van der Waals surface area contributed by atoms with Gasteiger partial charge in [-0.1, -0.05) is 55.5 Å². The lowest BCUT2D eigenvalue weighted by Crippen LogP contribution is -2.34. The van der Waals surface area contributed by atoms with Gasteiger partial charge in [-0.25, -0.2) is 9.36 Å². The molecule has 3 aromatic rings. The van der Waals surface area contributed by atoms with Gasteiger partial charge in [-0.2, -0.15) is 0 Å². The van der Waals surface area contributed by atoms with Crippen molar-refractivity contribution >= 4 is 23.0 Å². The van der Waals surface area contributed by atoms with Crippen molar-refractivity contribution in [3.05, 3.63) is 65.7 Å². The van der Waals surface area contributed by atoms with Crippen LogP contribution in [0.3, 0.4) is 0 Å². The lowest BCUT2D eigenvalue weighted by Gasteiger charge is -2.30. The standard InChI is InChI=1S/C27H31NO6/c1-5-15-31-22-16-20(25(29)32-17-18-11-7-6-8-12-18)23-19-13-9-10-14-21(19)28(24(23)33-22)26(30)34-27(2,3)4/h6-14,20,22H,5,15-17H2,1-4H3/t20-,22-/m0/s1. The van der Waals surface area contributed by atoms with Crippen LogP contribution in [0.25, 0.3) is 10.9 Å². The second-order valence-corrected chi connectivity index (χ2v) is 9.35. The highest BCUT2D eigenvalue weighted by Crippen LogP contribution is 2.44. The quantitative estimate of drug-likeness (QED) is 0.429. The number of benzene rings is 2. The SMILES string of the molecule is CCCO[C@@H]1C[C@H](C(=O)OCc2ccccc2)c2c(n(C(=O)OC(C)(C)C)c3ccccc23)O1. The summed E-state index contributed by atoms with van der Waals surface area (Å²) in [4.78, 5) is 26.6. The zero-order chi connectivity index (χ0) is 24.3. The Morgan fingerprint density at radius 1 is 1.06 bits per heavy atom. The fourth-order valence-electron chi connectivity index (χ4n) is 4.06. The monoisotopic (exact) mass is 465 g/mol. The van der Waals surface area contributed by atoms with Gasteiger partial charge in [-0.05, 0) is 38.8 Å². The van der Waals surface area contributed by atoms with E-state index in [1.54, 1.807) is 20.8 Å². The van der Waals surface area contributed by atoms with E-state index in [9.17, 15) is 9.59 Å². The normalized spacial score (nSPS) is 17.6. The van der Waals surface area contributed by atoms with Crippen molar-refractivity contribution < 1.29 is 28.5 Å². The van der Waals surface area contributed by atoms with Gasteiger partial charge in [0.15, 0.2) is 0 Å². The predicted octanol–water partition coefficient (Wildman–Crippen LogP) is 5.79. The Balaban J connectivity index is 1.75. The maximum atomic E-state index is 13.3. The van der Waals surface area contributed by atoms with Crippen molar-refractivity contribution in [3.63, 3.8) is 0 Å². The molecule has 1 aromatic heterocycles. The Morgan fingerprint density at radius 2 is 1.76 bits per heavy atom. The number of hydrogen-bond donors (Lipinski definition) is 0. The molecule has 34 heavy (non-hydrogen) atoms. The van der Waals surface area contributed by atoms with E-state index < -0.39 is 23.9 Å². The minimum Gasteiger partial charge on any atom is -0.460 e. The molecule has 0 amide bonds.